The number of hydrogen-bond donors (Lipinski definition) is 2. The van der Waals surface area contributed by atoms with Crippen molar-refractivity contribution in [1.29, 1.82) is 0 Å². The van der Waals surface area contributed by atoms with Crippen LogP contribution in [0.15, 0.2) is 35.7 Å². The minimum atomic E-state index is -0.511. The van der Waals surface area contributed by atoms with Crippen molar-refractivity contribution in [2.75, 3.05) is 13.6 Å². The first-order chi connectivity index (χ1) is 11.5. The lowest BCUT2D eigenvalue weighted by Gasteiger charge is -2.17. The fourth-order valence-corrected chi connectivity index (χ4v) is 3.08. The third kappa shape index (κ3) is 5.79. The molecule has 0 atom stereocenters. The van der Waals surface area contributed by atoms with Gasteiger partial charge in [-0.15, -0.1) is 11.3 Å². The van der Waals surface area contributed by atoms with Gasteiger partial charge in [-0.3, -0.25) is 15.0 Å². The van der Waals surface area contributed by atoms with E-state index in [9.17, 15) is 9.59 Å². The molecule has 2 aromatic rings. The number of hydrogen-bond acceptors (Lipinski definition) is 4. The highest BCUT2D eigenvalue weighted by Gasteiger charge is 2.12. The Balaban J connectivity index is 1.76. The van der Waals surface area contributed by atoms with E-state index in [2.05, 4.69) is 10.6 Å². The van der Waals surface area contributed by atoms with Crippen LogP contribution >= 0.6 is 34.5 Å². The highest BCUT2D eigenvalue weighted by atomic mass is 35.5. The summed E-state index contributed by atoms with van der Waals surface area (Å²) in [6.45, 7) is 0.906. The van der Waals surface area contributed by atoms with Gasteiger partial charge >= 0.3 is 6.03 Å². The van der Waals surface area contributed by atoms with Crippen molar-refractivity contribution in [3.8, 4) is 0 Å². The monoisotopic (exact) mass is 385 g/mol. The first kappa shape index (κ1) is 18.7. The molecule has 0 fully saturated rings. The van der Waals surface area contributed by atoms with Crippen LogP contribution in [0.4, 0.5) is 4.79 Å². The fraction of sp³-hybridized carbons (Fsp3) is 0.250. The Morgan fingerprint density at radius 2 is 2.00 bits per heavy atom. The number of nitrogens with one attached hydrogen (secondary N) is 2. The van der Waals surface area contributed by atoms with E-state index in [0.717, 1.165) is 10.4 Å². The summed E-state index contributed by atoms with van der Waals surface area (Å²) in [5.41, 5.74) is 0.821. The number of carbonyl (C=O) groups is 2. The zero-order valence-electron chi connectivity index (χ0n) is 13.0. The number of benzene rings is 1. The maximum absolute atomic E-state index is 11.9. The molecule has 0 radical (unpaired) electrons. The lowest BCUT2D eigenvalue weighted by Crippen LogP contribution is -2.43. The number of amides is 3. The van der Waals surface area contributed by atoms with Crippen LogP contribution in [0.1, 0.15) is 10.4 Å². The number of thiophene rings is 1. The molecule has 0 aliphatic heterocycles. The van der Waals surface area contributed by atoms with E-state index in [-0.39, 0.29) is 12.5 Å². The molecule has 0 aliphatic rings. The van der Waals surface area contributed by atoms with Crippen molar-refractivity contribution in [3.05, 3.63) is 56.2 Å². The Hall–Kier alpha value is -1.60. The first-order valence-corrected chi connectivity index (χ1v) is 8.80. The number of imide groups is 1. The molecule has 1 heterocycles. The normalized spacial score (nSPS) is 10.7. The first-order valence-electron chi connectivity index (χ1n) is 7.17. The van der Waals surface area contributed by atoms with Gasteiger partial charge in [0.25, 0.3) is 0 Å². The van der Waals surface area contributed by atoms with E-state index in [0.29, 0.717) is 23.1 Å². The SMILES string of the molecule is CN(CC(=O)NC(=O)NCc1cccs1)Cc1cccc(Cl)c1Cl. The molecule has 2 rings (SSSR count). The van der Waals surface area contributed by atoms with Gasteiger partial charge in [0, 0.05) is 11.4 Å². The molecule has 8 heteroatoms. The maximum Gasteiger partial charge on any atom is 0.321 e. The number of rotatable bonds is 6. The van der Waals surface area contributed by atoms with Crippen LogP contribution in [0.2, 0.25) is 10.0 Å². The van der Waals surface area contributed by atoms with E-state index in [1.807, 2.05) is 23.6 Å². The minimum absolute atomic E-state index is 0.0647. The molecule has 0 bridgehead atoms. The Morgan fingerprint density at radius 1 is 1.21 bits per heavy atom. The maximum atomic E-state index is 11.9. The number of likely N-dealkylation sites (N-methyl/N-ethyl adjacent to an activating group) is 1. The molecule has 2 N–H and O–H groups in total. The molecule has 0 spiro atoms. The third-order valence-corrected chi connectivity index (χ3v) is 4.88. The van der Waals surface area contributed by atoms with Gasteiger partial charge in [-0.1, -0.05) is 41.4 Å². The van der Waals surface area contributed by atoms with Crippen LogP contribution in [-0.4, -0.2) is 30.4 Å². The van der Waals surface area contributed by atoms with Gasteiger partial charge in [0.15, 0.2) is 0 Å². The topological polar surface area (TPSA) is 61.4 Å². The number of nitrogens with zero attached hydrogens (tertiary/aromatic N) is 1. The summed E-state index contributed by atoms with van der Waals surface area (Å²) >= 11 is 13.6. The number of halogens is 2. The second-order valence-corrected chi connectivity index (χ2v) is 7.01. The average Bonchev–Trinajstić information content (AvgIpc) is 3.03. The van der Waals surface area contributed by atoms with Gasteiger partial charge in [0.1, 0.15) is 0 Å². The van der Waals surface area contributed by atoms with Gasteiger partial charge in [-0.2, -0.15) is 0 Å². The predicted octanol–water partition coefficient (Wildman–Crippen LogP) is 3.51. The van der Waals surface area contributed by atoms with Crippen LogP contribution < -0.4 is 10.6 Å². The van der Waals surface area contributed by atoms with Gasteiger partial charge in [-0.25, -0.2) is 4.79 Å². The van der Waals surface area contributed by atoms with E-state index < -0.39 is 6.03 Å². The molecular weight excluding hydrogens is 369 g/mol. The summed E-state index contributed by atoms with van der Waals surface area (Å²) in [7, 11) is 1.76. The quantitative estimate of drug-likeness (QED) is 0.799. The summed E-state index contributed by atoms with van der Waals surface area (Å²) in [5.74, 6) is -0.390. The van der Waals surface area contributed by atoms with Crippen molar-refractivity contribution in [1.82, 2.24) is 15.5 Å². The van der Waals surface area contributed by atoms with Crippen molar-refractivity contribution >= 4 is 46.5 Å². The molecular formula is C16H17Cl2N3O2S. The van der Waals surface area contributed by atoms with E-state index in [1.165, 1.54) is 11.3 Å². The van der Waals surface area contributed by atoms with Crippen LogP contribution in [0, 0.1) is 0 Å². The Bertz CT molecular complexity index is 707. The van der Waals surface area contributed by atoms with Crippen LogP contribution in [-0.2, 0) is 17.9 Å². The molecule has 1 aromatic carbocycles. The largest absolute Gasteiger partial charge is 0.333 e. The standard InChI is InChI=1S/C16H17Cl2N3O2S/c1-21(9-11-4-2-6-13(17)15(11)18)10-14(22)20-16(23)19-8-12-5-3-7-24-12/h2-7H,8-10H2,1H3,(H2,19,20,22,23). The molecule has 3 amide bonds. The van der Waals surface area contributed by atoms with Crippen LogP contribution in [0.3, 0.4) is 0 Å². The summed E-state index contributed by atoms with van der Waals surface area (Å²) in [5, 5.41) is 7.81. The number of carbonyl (C=O) groups excluding carboxylic acids is 2. The average molecular weight is 386 g/mol. The summed E-state index contributed by atoms with van der Waals surface area (Å²) in [6, 6.07) is 8.65. The molecule has 0 aliphatic carbocycles. The second kappa shape index (κ2) is 9.03. The summed E-state index contributed by atoms with van der Waals surface area (Å²) < 4.78 is 0. The zero-order chi connectivity index (χ0) is 17.5. The Kier molecular flexibility index (Phi) is 7.05. The van der Waals surface area contributed by atoms with Crippen molar-refractivity contribution in [2.24, 2.45) is 0 Å². The smallest absolute Gasteiger partial charge is 0.321 e. The predicted molar refractivity (Wildman–Crippen MR) is 97.5 cm³/mol. The van der Waals surface area contributed by atoms with Gasteiger partial charge in [0.05, 0.1) is 23.1 Å². The lowest BCUT2D eigenvalue weighted by atomic mass is 10.2. The van der Waals surface area contributed by atoms with Crippen LogP contribution in [0.25, 0.3) is 0 Å². The van der Waals surface area contributed by atoms with Gasteiger partial charge in [-0.05, 0) is 30.1 Å². The van der Waals surface area contributed by atoms with Crippen molar-refractivity contribution < 1.29 is 9.59 Å². The second-order valence-electron chi connectivity index (χ2n) is 5.20. The third-order valence-electron chi connectivity index (χ3n) is 3.14. The molecule has 128 valence electrons. The van der Waals surface area contributed by atoms with Gasteiger partial charge in [0.2, 0.25) is 5.91 Å². The van der Waals surface area contributed by atoms with Crippen molar-refractivity contribution in [3.63, 3.8) is 0 Å². The van der Waals surface area contributed by atoms with Gasteiger partial charge < -0.3 is 5.32 Å². The minimum Gasteiger partial charge on any atom is -0.333 e. The Labute approximate surface area is 154 Å². The van der Waals surface area contributed by atoms with E-state index in [4.69, 9.17) is 23.2 Å². The molecule has 24 heavy (non-hydrogen) atoms. The molecule has 0 saturated carbocycles. The summed E-state index contributed by atoms with van der Waals surface area (Å²) in [6.07, 6.45) is 0. The van der Waals surface area contributed by atoms with E-state index in [1.54, 1.807) is 24.1 Å². The lowest BCUT2D eigenvalue weighted by molar-refractivity contribution is -0.120. The number of urea groups is 1. The molecule has 0 unspecified atom stereocenters. The highest BCUT2D eigenvalue weighted by molar-refractivity contribution is 7.09. The molecule has 0 saturated heterocycles. The molecule has 1 aromatic heterocycles. The zero-order valence-corrected chi connectivity index (χ0v) is 15.3. The highest BCUT2D eigenvalue weighted by Crippen LogP contribution is 2.26. The van der Waals surface area contributed by atoms with E-state index >= 15 is 0 Å². The van der Waals surface area contributed by atoms with Crippen LogP contribution in [0.5, 0.6) is 0 Å². The van der Waals surface area contributed by atoms with Crippen molar-refractivity contribution in [2.45, 2.75) is 13.1 Å². The molecule has 5 nitrogen and oxygen atoms in total. The Morgan fingerprint density at radius 3 is 2.71 bits per heavy atom. The summed E-state index contributed by atoms with van der Waals surface area (Å²) in [4.78, 5) is 26.4. The fourth-order valence-electron chi connectivity index (χ4n) is 2.05.